The summed E-state index contributed by atoms with van der Waals surface area (Å²) in [6.07, 6.45) is 3.56. The minimum atomic E-state index is 0.194. The van der Waals surface area contributed by atoms with E-state index in [2.05, 4.69) is 21.2 Å². The van der Waals surface area contributed by atoms with E-state index in [1.54, 1.807) is 0 Å². The summed E-state index contributed by atoms with van der Waals surface area (Å²) in [4.78, 5) is 12.0. The second-order valence-electron chi connectivity index (χ2n) is 4.89. The van der Waals surface area contributed by atoms with Crippen molar-refractivity contribution < 1.29 is 4.79 Å². The normalized spacial score (nSPS) is 30.9. The molecule has 2 nitrogen and oxygen atoms in total. The Morgan fingerprint density at radius 3 is 2.56 bits per heavy atom. The molecule has 1 aromatic carbocycles. The third-order valence-electron chi connectivity index (χ3n) is 3.75. The van der Waals surface area contributed by atoms with Crippen LogP contribution in [0.5, 0.6) is 0 Å². The van der Waals surface area contributed by atoms with E-state index in [-0.39, 0.29) is 11.8 Å². The number of hydrogen-bond acceptors (Lipinski definition) is 1. The van der Waals surface area contributed by atoms with Crippen molar-refractivity contribution in [1.82, 2.24) is 0 Å². The summed E-state index contributed by atoms with van der Waals surface area (Å²) in [7, 11) is 0. The van der Waals surface area contributed by atoms with Gasteiger partial charge in [-0.15, -0.1) is 0 Å². The van der Waals surface area contributed by atoms with Crippen molar-refractivity contribution in [3.05, 3.63) is 28.7 Å². The molecule has 2 atom stereocenters. The van der Waals surface area contributed by atoms with Gasteiger partial charge in [0.25, 0.3) is 0 Å². The molecule has 0 heterocycles. The maximum atomic E-state index is 12.0. The molecule has 2 aliphatic rings. The number of benzene rings is 1. The maximum Gasteiger partial charge on any atom is 0.227 e. The minimum absolute atomic E-state index is 0.194. The summed E-state index contributed by atoms with van der Waals surface area (Å²) in [6.45, 7) is 0. The molecule has 0 aromatic heterocycles. The monoisotopic (exact) mass is 279 g/mol. The number of nitrogens with one attached hydrogen (secondary N) is 1. The quantitative estimate of drug-likeness (QED) is 0.883. The summed E-state index contributed by atoms with van der Waals surface area (Å²) >= 11 is 3.44. The van der Waals surface area contributed by atoms with Crippen LogP contribution in [0.1, 0.15) is 19.3 Å². The van der Waals surface area contributed by atoms with Gasteiger partial charge in [-0.25, -0.2) is 0 Å². The van der Waals surface area contributed by atoms with Crippen LogP contribution in [0.4, 0.5) is 5.69 Å². The SMILES string of the molecule is O=C(Nc1ccccc1Br)C1CC2CC2C1. The molecule has 16 heavy (non-hydrogen) atoms. The summed E-state index contributed by atoms with van der Waals surface area (Å²) in [5.41, 5.74) is 0.882. The van der Waals surface area contributed by atoms with Crippen molar-refractivity contribution in [2.75, 3.05) is 5.32 Å². The molecule has 3 heteroatoms. The first-order valence-electron chi connectivity index (χ1n) is 5.79. The topological polar surface area (TPSA) is 29.1 Å². The lowest BCUT2D eigenvalue weighted by molar-refractivity contribution is -0.120. The van der Waals surface area contributed by atoms with Crippen molar-refractivity contribution in [2.45, 2.75) is 19.3 Å². The zero-order chi connectivity index (χ0) is 11.1. The van der Waals surface area contributed by atoms with E-state index in [0.717, 1.165) is 34.8 Å². The van der Waals surface area contributed by atoms with Crippen LogP contribution in [0.25, 0.3) is 0 Å². The molecule has 2 saturated carbocycles. The lowest BCUT2D eigenvalue weighted by atomic mass is 10.0. The summed E-state index contributed by atoms with van der Waals surface area (Å²) in [6, 6.07) is 7.76. The Balaban J connectivity index is 1.66. The number of hydrogen-bond donors (Lipinski definition) is 1. The number of carbonyl (C=O) groups is 1. The van der Waals surface area contributed by atoms with Gasteiger partial charge in [0, 0.05) is 10.4 Å². The highest BCUT2D eigenvalue weighted by Gasteiger charge is 2.47. The fraction of sp³-hybridized carbons (Fsp3) is 0.462. The zero-order valence-corrected chi connectivity index (χ0v) is 10.5. The van der Waals surface area contributed by atoms with E-state index in [4.69, 9.17) is 0 Å². The smallest absolute Gasteiger partial charge is 0.227 e. The molecule has 2 unspecified atom stereocenters. The van der Waals surface area contributed by atoms with Crippen LogP contribution in [0, 0.1) is 17.8 Å². The third-order valence-corrected chi connectivity index (χ3v) is 4.44. The van der Waals surface area contributed by atoms with Crippen LogP contribution in [0.15, 0.2) is 28.7 Å². The van der Waals surface area contributed by atoms with Crippen LogP contribution in [-0.4, -0.2) is 5.91 Å². The summed E-state index contributed by atoms with van der Waals surface area (Å²) in [5, 5.41) is 3.01. The van der Waals surface area contributed by atoms with Gasteiger partial charge < -0.3 is 5.32 Å². The van der Waals surface area contributed by atoms with Crippen LogP contribution in [0.3, 0.4) is 0 Å². The molecule has 2 aliphatic carbocycles. The highest BCUT2D eigenvalue weighted by Crippen LogP contribution is 2.54. The first-order chi connectivity index (χ1) is 7.74. The van der Waals surface area contributed by atoms with Crippen LogP contribution < -0.4 is 5.32 Å². The van der Waals surface area contributed by atoms with E-state index in [9.17, 15) is 4.79 Å². The van der Waals surface area contributed by atoms with Crippen molar-refractivity contribution >= 4 is 27.5 Å². The number of rotatable bonds is 2. The maximum absolute atomic E-state index is 12.0. The predicted octanol–water partition coefficient (Wildman–Crippen LogP) is 3.43. The Hall–Kier alpha value is -0.830. The highest BCUT2D eigenvalue weighted by molar-refractivity contribution is 9.10. The van der Waals surface area contributed by atoms with E-state index >= 15 is 0 Å². The van der Waals surface area contributed by atoms with E-state index in [0.29, 0.717) is 0 Å². The van der Waals surface area contributed by atoms with Gasteiger partial charge in [0.15, 0.2) is 0 Å². The third kappa shape index (κ3) is 1.88. The Labute approximate surface area is 104 Å². The summed E-state index contributed by atoms with van der Waals surface area (Å²) in [5.74, 6) is 2.15. The lowest BCUT2D eigenvalue weighted by Crippen LogP contribution is -2.21. The largest absolute Gasteiger partial charge is 0.325 e. The van der Waals surface area contributed by atoms with Gasteiger partial charge in [0.1, 0.15) is 0 Å². The Morgan fingerprint density at radius 1 is 1.19 bits per heavy atom. The number of anilines is 1. The second-order valence-corrected chi connectivity index (χ2v) is 5.75. The van der Waals surface area contributed by atoms with Crippen molar-refractivity contribution in [3.63, 3.8) is 0 Å². The van der Waals surface area contributed by atoms with Crippen molar-refractivity contribution in [2.24, 2.45) is 17.8 Å². The standard InChI is InChI=1S/C13H14BrNO/c14-11-3-1-2-4-12(11)15-13(16)10-6-8-5-9(8)7-10/h1-4,8-10H,5-7H2,(H,15,16). The minimum Gasteiger partial charge on any atom is -0.325 e. The molecule has 0 spiro atoms. The van der Waals surface area contributed by atoms with E-state index in [1.165, 1.54) is 6.42 Å². The fourth-order valence-corrected chi connectivity index (χ4v) is 3.11. The molecule has 0 aliphatic heterocycles. The van der Waals surface area contributed by atoms with Gasteiger partial charge in [-0.3, -0.25) is 4.79 Å². The van der Waals surface area contributed by atoms with Crippen molar-refractivity contribution in [3.8, 4) is 0 Å². The number of para-hydroxylation sites is 1. The van der Waals surface area contributed by atoms with E-state index in [1.807, 2.05) is 24.3 Å². The molecular weight excluding hydrogens is 266 g/mol. The molecule has 2 fully saturated rings. The highest BCUT2D eigenvalue weighted by atomic mass is 79.9. The molecule has 3 rings (SSSR count). The molecule has 0 saturated heterocycles. The molecule has 0 bridgehead atoms. The molecule has 84 valence electrons. The van der Waals surface area contributed by atoms with Gasteiger partial charge in [-0.05, 0) is 59.2 Å². The number of amides is 1. The lowest BCUT2D eigenvalue weighted by Gasteiger charge is -2.13. The van der Waals surface area contributed by atoms with Gasteiger partial charge >= 0.3 is 0 Å². The predicted molar refractivity (Wildman–Crippen MR) is 67.1 cm³/mol. The molecule has 1 aromatic rings. The Morgan fingerprint density at radius 2 is 1.88 bits per heavy atom. The van der Waals surface area contributed by atoms with Crippen LogP contribution in [-0.2, 0) is 4.79 Å². The molecule has 1 N–H and O–H groups in total. The zero-order valence-electron chi connectivity index (χ0n) is 8.95. The average molecular weight is 280 g/mol. The van der Waals surface area contributed by atoms with Crippen LogP contribution in [0.2, 0.25) is 0 Å². The van der Waals surface area contributed by atoms with Gasteiger partial charge in [-0.2, -0.15) is 0 Å². The number of halogens is 1. The second kappa shape index (κ2) is 3.88. The first-order valence-corrected chi connectivity index (χ1v) is 6.58. The van der Waals surface area contributed by atoms with Gasteiger partial charge in [-0.1, -0.05) is 12.1 Å². The molecule has 1 amide bonds. The van der Waals surface area contributed by atoms with Gasteiger partial charge in [0.2, 0.25) is 5.91 Å². The van der Waals surface area contributed by atoms with Gasteiger partial charge in [0.05, 0.1) is 5.69 Å². The molecule has 0 radical (unpaired) electrons. The van der Waals surface area contributed by atoms with Crippen LogP contribution >= 0.6 is 15.9 Å². The van der Waals surface area contributed by atoms with Crippen molar-refractivity contribution in [1.29, 1.82) is 0 Å². The number of carbonyl (C=O) groups excluding carboxylic acids is 1. The summed E-state index contributed by atoms with van der Waals surface area (Å²) < 4.78 is 0.950. The Kier molecular flexibility index (Phi) is 2.51. The van der Waals surface area contributed by atoms with E-state index < -0.39 is 0 Å². The Bertz CT molecular complexity index is 422. The average Bonchev–Trinajstić information content (AvgIpc) is 2.89. The molecular formula is C13H14BrNO. The fourth-order valence-electron chi connectivity index (χ4n) is 2.73. The first kappa shape index (κ1) is 10.3. The number of fused-ring (bicyclic) bond motifs is 1.